The van der Waals surface area contributed by atoms with Gasteiger partial charge in [-0.05, 0) is 18.2 Å². The highest BCUT2D eigenvalue weighted by molar-refractivity contribution is 5.57. The summed E-state index contributed by atoms with van der Waals surface area (Å²) in [4.78, 5) is 4.07. The van der Waals surface area contributed by atoms with Gasteiger partial charge in [-0.3, -0.25) is 4.98 Å². The average Bonchev–Trinajstić information content (AvgIpc) is 2.19. The van der Waals surface area contributed by atoms with E-state index in [0.717, 1.165) is 5.56 Å². The van der Waals surface area contributed by atoms with Crippen molar-refractivity contribution in [3.05, 3.63) is 54.5 Å². The predicted molar refractivity (Wildman–Crippen MR) is 48.5 cm³/mol. The van der Waals surface area contributed by atoms with Gasteiger partial charge in [0.15, 0.2) is 0 Å². The normalized spacial score (nSPS) is 9.92. The van der Waals surface area contributed by atoms with Gasteiger partial charge < -0.3 is 0 Å². The number of hydrogen-bond acceptors (Lipinski definition) is 1. The molecule has 0 aliphatic carbocycles. The summed E-state index contributed by atoms with van der Waals surface area (Å²) in [6.07, 6.45) is 1.66. The molecule has 1 heterocycles. The fourth-order valence-corrected chi connectivity index (χ4v) is 1.12. The van der Waals surface area contributed by atoms with Crippen molar-refractivity contribution in [1.29, 1.82) is 0 Å². The van der Waals surface area contributed by atoms with Crippen LogP contribution < -0.4 is 0 Å². The Morgan fingerprint density at radius 1 is 1.23 bits per heavy atom. The minimum absolute atomic E-state index is 0.253. The SMILES string of the molecule is Fc1cccc(-c2[c]cccn2)c1. The highest BCUT2D eigenvalue weighted by Crippen LogP contribution is 2.15. The number of benzene rings is 1. The minimum atomic E-state index is -0.253. The molecule has 0 saturated carbocycles. The van der Waals surface area contributed by atoms with Crippen LogP contribution in [0.1, 0.15) is 0 Å². The van der Waals surface area contributed by atoms with Gasteiger partial charge in [0.2, 0.25) is 0 Å². The first kappa shape index (κ1) is 7.92. The fraction of sp³-hybridized carbons (Fsp3) is 0. The van der Waals surface area contributed by atoms with E-state index < -0.39 is 0 Å². The van der Waals surface area contributed by atoms with Crippen molar-refractivity contribution < 1.29 is 4.39 Å². The summed E-state index contributed by atoms with van der Waals surface area (Å²) < 4.78 is 12.8. The van der Waals surface area contributed by atoms with Crippen LogP contribution in [0, 0.1) is 11.9 Å². The van der Waals surface area contributed by atoms with E-state index in [0.29, 0.717) is 5.69 Å². The molecule has 63 valence electrons. The maximum Gasteiger partial charge on any atom is 0.123 e. The molecule has 0 saturated heterocycles. The lowest BCUT2D eigenvalue weighted by Gasteiger charge is -1.98. The maximum atomic E-state index is 12.8. The van der Waals surface area contributed by atoms with Crippen LogP contribution in [0.15, 0.2) is 42.6 Å². The summed E-state index contributed by atoms with van der Waals surface area (Å²) in [5, 5.41) is 0. The van der Waals surface area contributed by atoms with Crippen molar-refractivity contribution in [1.82, 2.24) is 4.98 Å². The maximum absolute atomic E-state index is 12.8. The summed E-state index contributed by atoms with van der Waals surface area (Å²) in [6.45, 7) is 0. The average molecular weight is 172 g/mol. The molecule has 0 fully saturated rings. The van der Waals surface area contributed by atoms with Gasteiger partial charge in [0, 0.05) is 17.8 Å². The van der Waals surface area contributed by atoms with Crippen molar-refractivity contribution in [3.8, 4) is 11.3 Å². The Morgan fingerprint density at radius 2 is 2.15 bits per heavy atom. The predicted octanol–water partition coefficient (Wildman–Crippen LogP) is 2.69. The number of nitrogens with zero attached hydrogens (tertiary/aromatic N) is 1. The molecule has 2 rings (SSSR count). The molecule has 1 aromatic carbocycles. The summed E-state index contributed by atoms with van der Waals surface area (Å²) in [7, 11) is 0. The molecular formula is C11H7FN. The summed E-state index contributed by atoms with van der Waals surface area (Å²) in [6, 6.07) is 12.8. The van der Waals surface area contributed by atoms with Crippen LogP contribution in [-0.2, 0) is 0 Å². The third-order valence-corrected chi connectivity index (χ3v) is 1.70. The van der Waals surface area contributed by atoms with Crippen molar-refractivity contribution >= 4 is 0 Å². The lowest BCUT2D eigenvalue weighted by Crippen LogP contribution is -1.82. The molecule has 2 heteroatoms. The van der Waals surface area contributed by atoms with Crippen molar-refractivity contribution in [2.75, 3.05) is 0 Å². The number of pyridine rings is 1. The Balaban J connectivity index is 2.48. The van der Waals surface area contributed by atoms with Gasteiger partial charge in [0.25, 0.3) is 0 Å². The highest BCUT2D eigenvalue weighted by atomic mass is 19.1. The topological polar surface area (TPSA) is 12.9 Å². The van der Waals surface area contributed by atoms with Crippen LogP contribution in [-0.4, -0.2) is 4.98 Å². The third-order valence-electron chi connectivity index (χ3n) is 1.70. The van der Waals surface area contributed by atoms with E-state index in [2.05, 4.69) is 11.1 Å². The van der Waals surface area contributed by atoms with Crippen LogP contribution >= 0.6 is 0 Å². The molecular weight excluding hydrogens is 165 g/mol. The van der Waals surface area contributed by atoms with E-state index in [1.54, 1.807) is 24.4 Å². The van der Waals surface area contributed by atoms with Crippen molar-refractivity contribution in [3.63, 3.8) is 0 Å². The van der Waals surface area contributed by atoms with Gasteiger partial charge in [-0.15, -0.1) is 0 Å². The second-order valence-electron chi connectivity index (χ2n) is 2.64. The summed E-state index contributed by atoms with van der Waals surface area (Å²) in [5.74, 6) is -0.253. The van der Waals surface area contributed by atoms with Crippen molar-refractivity contribution in [2.45, 2.75) is 0 Å². The molecule has 0 bridgehead atoms. The zero-order valence-electron chi connectivity index (χ0n) is 6.87. The van der Waals surface area contributed by atoms with E-state index in [9.17, 15) is 4.39 Å². The molecule has 0 aliphatic rings. The summed E-state index contributed by atoms with van der Waals surface area (Å²) in [5.41, 5.74) is 1.42. The number of halogens is 1. The fourth-order valence-electron chi connectivity index (χ4n) is 1.12. The number of hydrogen-bond donors (Lipinski definition) is 0. The monoisotopic (exact) mass is 172 g/mol. The van der Waals surface area contributed by atoms with Crippen LogP contribution in [0.2, 0.25) is 0 Å². The smallest absolute Gasteiger partial charge is 0.123 e. The van der Waals surface area contributed by atoms with Crippen LogP contribution in [0.25, 0.3) is 11.3 Å². The molecule has 0 unspecified atom stereocenters. The first-order chi connectivity index (χ1) is 6.36. The van der Waals surface area contributed by atoms with E-state index in [1.807, 2.05) is 6.07 Å². The standard InChI is InChI=1S/C11H7FN/c12-10-5-3-4-9(8-10)11-6-1-2-7-13-11/h1-5,7-8H. The van der Waals surface area contributed by atoms with Crippen LogP contribution in [0.4, 0.5) is 4.39 Å². The van der Waals surface area contributed by atoms with E-state index >= 15 is 0 Å². The molecule has 1 radical (unpaired) electrons. The number of aromatic nitrogens is 1. The van der Waals surface area contributed by atoms with Gasteiger partial charge in [0.05, 0.1) is 5.69 Å². The van der Waals surface area contributed by atoms with Gasteiger partial charge in [-0.2, -0.15) is 0 Å². The lowest BCUT2D eigenvalue weighted by atomic mass is 10.1. The Labute approximate surface area is 75.9 Å². The zero-order chi connectivity index (χ0) is 9.10. The highest BCUT2D eigenvalue weighted by Gasteiger charge is 1.98. The molecule has 0 aliphatic heterocycles. The van der Waals surface area contributed by atoms with Crippen molar-refractivity contribution in [2.24, 2.45) is 0 Å². The van der Waals surface area contributed by atoms with Gasteiger partial charge >= 0.3 is 0 Å². The minimum Gasteiger partial charge on any atom is -0.256 e. The first-order valence-corrected chi connectivity index (χ1v) is 3.95. The van der Waals surface area contributed by atoms with E-state index in [4.69, 9.17) is 0 Å². The molecule has 0 amide bonds. The second kappa shape index (κ2) is 3.35. The zero-order valence-corrected chi connectivity index (χ0v) is 6.87. The second-order valence-corrected chi connectivity index (χ2v) is 2.64. The largest absolute Gasteiger partial charge is 0.256 e. The molecule has 1 aromatic heterocycles. The quantitative estimate of drug-likeness (QED) is 0.644. The number of rotatable bonds is 1. The molecule has 1 nitrogen and oxygen atoms in total. The first-order valence-electron chi connectivity index (χ1n) is 3.95. The van der Waals surface area contributed by atoms with Gasteiger partial charge in [-0.1, -0.05) is 18.2 Å². The molecule has 0 spiro atoms. The Morgan fingerprint density at radius 3 is 2.85 bits per heavy atom. The Kier molecular flexibility index (Phi) is 2.04. The third kappa shape index (κ3) is 1.72. The molecule has 0 N–H and O–H groups in total. The van der Waals surface area contributed by atoms with Crippen LogP contribution in [0.3, 0.4) is 0 Å². The van der Waals surface area contributed by atoms with Gasteiger partial charge in [-0.25, -0.2) is 4.39 Å². The summed E-state index contributed by atoms with van der Waals surface area (Å²) >= 11 is 0. The molecule has 13 heavy (non-hydrogen) atoms. The van der Waals surface area contributed by atoms with E-state index in [1.165, 1.54) is 12.1 Å². The molecule has 0 atom stereocenters. The molecule has 2 aromatic rings. The van der Waals surface area contributed by atoms with Gasteiger partial charge in [0.1, 0.15) is 5.82 Å². The Hall–Kier alpha value is -1.70. The lowest BCUT2D eigenvalue weighted by molar-refractivity contribution is 0.628. The van der Waals surface area contributed by atoms with E-state index in [-0.39, 0.29) is 5.82 Å². The Bertz CT molecular complexity index is 398. The van der Waals surface area contributed by atoms with Crippen LogP contribution in [0.5, 0.6) is 0 Å².